The summed E-state index contributed by atoms with van der Waals surface area (Å²) in [7, 11) is 0. The van der Waals surface area contributed by atoms with Crippen LogP contribution in [0.3, 0.4) is 0 Å². The quantitative estimate of drug-likeness (QED) is 0.458. The van der Waals surface area contributed by atoms with Gasteiger partial charge in [0, 0.05) is 25.2 Å². The standard InChI is InChI=1S/C35H49N3O5/c1-23(2)19-25(21-39)38-29-32(42)37(34(6,7)22-33(3,4)5)18-12-16-35(29)28(31(38)41)27-26(43-35)15-11-17-36(30(27)40)20-24-13-9-8-10-14-24/h8-16,23,25-29,39H,17-22H2,1-7H3/t25-,26+,27-,28+,29?,35+/m1/s1. The number of hydrogen-bond donors (Lipinski definition) is 1. The molecule has 4 aliphatic rings. The van der Waals surface area contributed by atoms with Gasteiger partial charge in [0.25, 0.3) is 0 Å². The minimum atomic E-state index is -1.31. The van der Waals surface area contributed by atoms with Gasteiger partial charge in [-0.1, -0.05) is 89.3 Å². The van der Waals surface area contributed by atoms with Crippen molar-refractivity contribution in [1.82, 2.24) is 14.7 Å². The van der Waals surface area contributed by atoms with Crippen LogP contribution >= 0.6 is 0 Å². The van der Waals surface area contributed by atoms with Crippen molar-refractivity contribution in [3.63, 3.8) is 0 Å². The Balaban J connectivity index is 1.59. The number of benzene rings is 1. The number of hydrogen-bond acceptors (Lipinski definition) is 5. The van der Waals surface area contributed by atoms with E-state index in [0.29, 0.717) is 26.1 Å². The Kier molecular flexibility index (Phi) is 8.42. The Hall–Kier alpha value is -2.97. The molecule has 8 heteroatoms. The van der Waals surface area contributed by atoms with Crippen molar-refractivity contribution in [3.05, 3.63) is 60.2 Å². The highest BCUT2D eigenvalue weighted by Gasteiger charge is 2.72. The topological polar surface area (TPSA) is 90.4 Å². The van der Waals surface area contributed by atoms with Crippen molar-refractivity contribution in [2.24, 2.45) is 23.2 Å². The first-order valence-corrected chi connectivity index (χ1v) is 15.8. The van der Waals surface area contributed by atoms with E-state index in [2.05, 4.69) is 34.6 Å². The zero-order valence-corrected chi connectivity index (χ0v) is 26.8. The third-order valence-electron chi connectivity index (χ3n) is 9.44. The van der Waals surface area contributed by atoms with Crippen LogP contribution in [0.2, 0.25) is 0 Å². The number of nitrogens with zero attached hydrogens (tertiary/aromatic N) is 3. The van der Waals surface area contributed by atoms with E-state index >= 15 is 0 Å². The van der Waals surface area contributed by atoms with Crippen molar-refractivity contribution in [1.29, 1.82) is 0 Å². The third kappa shape index (κ3) is 5.68. The monoisotopic (exact) mass is 591 g/mol. The van der Waals surface area contributed by atoms with Gasteiger partial charge in [-0.3, -0.25) is 14.4 Å². The van der Waals surface area contributed by atoms with Crippen LogP contribution in [0.25, 0.3) is 0 Å². The van der Waals surface area contributed by atoms with E-state index in [1.165, 1.54) is 0 Å². The van der Waals surface area contributed by atoms with Crippen LogP contribution in [-0.2, 0) is 25.7 Å². The van der Waals surface area contributed by atoms with Gasteiger partial charge in [0.15, 0.2) is 0 Å². The van der Waals surface area contributed by atoms with Gasteiger partial charge in [-0.15, -0.1) is 0 Å². The van der Waals surface area contributed by atoms with E-state index in [1.54, 1.807) is 9.80 Å². The largest absolute Gasteiger partial charge is 0.394 e. The molecular formula is C35H49N3O5. The highest BCUT2D eigenvalue weighted by Crippen LogP contribution is 2.54. The van der Waals surface area contributed by atoms with Gasteiger partial charge in [0.05, 0.1) is 30.6 Å². The molecule has 6 atom stereocenters. The van der Waals surface area contributed by atoms with Crippen LogP contribution in [0.15, 0.2) is 54.6 Å². The number of likely N-dealkylation sites (tertiary alicyclic amines) is 1. The average Bonchev–Trinajstić information content (AvgIpc) is 3.23. The molecule has 1 aromatic carbocycles. The summed E-state index contributed by atoms with van der Waals surface area (Å²) in [6.07, 6.45) is 8.35. The predicted molar refractivity (Wildman–Crippen MR) is 166 cm³/mol. The van der Waals surface area contributed by atoms with Crippen LogP contribution < -0.4 is 0 Å². The van der Waals surface area contributed by atoms with Crippen molar-refractivity contribution in [2.45, 2.75) is 97.2 Å². The van der Waals surface area contributed by atoms with Crippen LogP contribution in [0, 0.1) is 23.2 Å². The van der Waals surface area contributed by atoms with Crippen LogP contribution in [0.5, 0.6) is 0 Å². The molecule has 1 spiro atoms. The normalized spacial score (nSPS) is 30.0. The first kappa shape index (κ1) is 31.5. The molecule has 1 unspecified atom stereocenters. The van der Waals surface area contributed by atoms with Gasteiger partial charge in [-0.25, -0.2) is 0 Å². The number of carbonyl (C=O) groups is 3. The summed E-state index contributed by atoms with van der Waals surface area (Å²) < 4.78 is 6.83. The summed E-state index contributed by atoms with van der Waals surface area (Å²) in [5, 5.41) is 10.6. The van der Waals surface area contributed by atoms with Crippen molar-refractivity contribution < 1.29 is 24.2 Å². The minimum absolute atomic E-state index is 0.0348. The fraction of sp³-hybridized carbons (Fsp3) is 0.629. The molecule has 43 heavy (non-hydrogen) atoms. The lowest BCUT2D eigenvalue weighted by atomic mass is 9.77. The highest BCUT2D eigenvalue weighted by atomic mass is 16.5. The summed E-state index contributed by atoms with van der Waals surface area (Å²) in [5.74, 6) is -2.08. The maximum Gasteiger partial charge on any atom is 0.249 e. The fourth-order valence-electron chi connectivity index (χ4n) is 8.23. The molecule has 1 aromatic rings. The molecule has 4 aliphatic heterocycles. The zero-order valence-electron chi connectivity index (χ0n) is 26.8. The summed E-state index contributed by atoms with van der Waals surface area (Å²) in [6.45, 7) is 15.7. The third-order valence-corrected chi connectivity index (χ3v) is 9.44. The second-order valence-corrected chi connectivity index (χ2v) is 15.1. The molecular weight excluding hydrogens is 542 g/mol. The second-order valence-electron chi connectivity index (χ2n) is 15.1. The summed E-state index contributed by atoms with van der Waals surface area (Å²) in [4.78, 5) is 49.1. The van der Waals surface area contributed by atoms with Crippen LogP contribution in [0.4, 0.5) is 0 Å². The molecule has 1 N–H and O–H groups in total. The number of rotatable bonds is 8. The van der Waals surface area contributed by atoms with Crippen LogP contribution in [0.1, 0.15) is 66.9 Å². The second kappa shape index (κ2) is 11.5. The van der Waals surface area contributed by atoms with E-state index < -0.39 is 41.2 Å². The Morgan fingerprint density at radius 3 is 2.30 bits per heavy atom. The molecule has 0 bridgehead atoms. The lowest BCUT2D eigenvalue weighted by molar-refractivity contribution is -0.155. The molecule has 8 nitrogen and oxygen atoms in total. The maximum atomic E-state index is 14.8. The number of ether oxygens (including phenoxy) is 1. The van der Waals surface area contributed by atoms with E-state index in [-0.39, 0.29) is 35.7 Å². The first-order valence-electron chi connectivity index (χ1n) is 15.8. The summed E-state index contributed by atoms with van der Waals surface area (Å²) in [6, 6.07) is 8.28. The number of fused-ring (bicyclic) bond motifs is 2. The van der Waals surface area contributed by atoms with E-state index in [1.807, 2.05) is 73.4 Å². The molecule has 2 fully saturated rings. The molecule has 3 amide bonds. The van der Waals surface area contributed by atoms with Gasteiger partial charge in [0.2, 0.25) is 17.7 Å². The van der Waals surface area contributed by atoms with Crippen molar-refractivity contribution >= 4 is 17.7 Å². The Bertz CT molecular complexity index is 1280. The Labute approximate surface area is 256 Å². The van der Waals surface area contributed by atoms with Gasteiger partial charge < -0.3 is 24.5 Å². The molecule has 0 saturated carbocycles. The molecule has 234 valence electrons. The van der Waals surface area contributed by atoms with E-state index in [0.717, 1.165) is 12.0 Å². The smallest absolute Gasteiger partial charge is 0.249 e. The van der Waals surface area contributed by atoms with Crippen LogP contribution in [-0.4, -0.2) is 86.6 Å². The molecule has 0 aromatic heterocycles. The molecule has 0 radical (unpaired) electrons. The van der Waals surface area contributed by atoms with E-state index in [9.17, 15) is 19.5 Å². The van der Waals surface area contributed by atoms with Crippen molar-refractivity contribution in [3.8, 4) is 0 Å². The minimum Gasteiger partial charge on any atom is -0.394 e. The Morgan fingerprint density at radius 2 is 1.67 bits per heavy atom. The number of carbonyl (C=O) groups excluding carboxylic acids is 3. The van der Waals surface area contributed by atoms with E-state index in [4.69, 9.17) is 4.74 Å². The number of amides is 3. The maximum absolute atomic E-state index is 14.8. The molecule has 5 rings (SSSR count). The average molecular weight is 592 g/mol. The summed E-state index contributed by atoms with van der Waals surface area (Å²) in [5.41, 5.74) is -0.842. The number of aliphatic hydroxyl groups excluding tert-OH is 1. The molecule has 2 saturated heterocycles. The molecule has 4 heterocycles. The summed E-state index contributed by atoms with van der Waals surface area (Å²) >= 11 is 0. The van der Waals surface area contributed by atoms with Gasteiger partial charge in [-0.2, -0.15) is 0 Å². The Morgan fingerprint density at radius 1 is 0.977 bits per heavy atom. The first-order chi connectivity index (χ1) is 20.2. The lowest BCUT2D eigenvalue weighted by Gasteiger charge is -2.45. The van der Waals surface area contributed by atoms with Gasteiger partial charge in [0.1, 0.15) is 11.6 Å². The molecule has 0 aliphatic carbocycles. The fourth-order valence-corrected chi connectivity index (χ4v) is 8.23. The zero-order chi connectivity index (χ0) is 31.3. The lowest BCUT2D eigenvalue weighted by Crippen LogP contribution is -2.61. The van der Waals surface area contributed by atoms with Gasteiger partial charge >= 0.3 is 0 Å². The highest BCUT2D eigenvalue weighted by molar-refractivity contribution is 6.00. The predicted octanol–water partition coefficient (Wildman–Crippen LogP) is 4.19. The SMILES string of the molecule is CC(C)C[C@H](CO)N1C(=O)[C@@H]2[C@@H]3C(=O)N(Cc4ccccc4)CC=C[C@@H]3O[C@@]23C=CCN(C(C)(C)CC(C)(C)C)C(=O)C13. The number of aliphatic hydroxyl groups is 1. The van der Waals surface area contributed by atoms with Crippen molar-refractivity contribution in [2.75, 3.05) is 19.7 Å². The van der Waals surface area contributed by atoms with Gasteiger partial charge in [-0.05, 0) is 43.6 Å².